The average Bonchev–Trinajstić information content (AvgIpc) is 3.20. The number of hydrogen-bond acceptors (Lipinski definition) is 4. The van der Waals surface area contributed by atoms with E-state index in [0.29, 0.717) is 18.7 Å². The van der Waals surface area contributed by atoms with Gasteiger partial charge in [-0.1, -0.05) is 45.0 Å². The lowest BCUT2D eigenvalue weighted by atomic mass is 9.87. The van der Waals surface area contributed by atoms with E-state index in [1.165, 1.54) is 5.56 Å². The predicted octanol–water partition coefficient (Wildman–Crippen LogP) is 5.86. The van der Waals surface area contributed by atoms with Gasteiger partial charge < -0.3 is 14.2 Å². The van der Waals surface area contributed by atoms with Crippen LogP contribution in [-0.4, -0.2) is 39.0 Å². The Labute approximate surface area is 207 Å². The molecule has 0 fully saturated rings. The van der Waals surface area contributed by atoms with Crippen molar-refractivity contribution in [3.63, 3.8) is 0 Å². The first-order chi connectivity index (χ1) is 16.8. The topological polar surface area (TPSA) is 60.2 Å². The van der Waals surface area contributed by atoms with Crippen LogP contribution in [-0.2, 0) is 18.5 Å². The highest BCUT2D eigenvalue weighted by Crippen LogP contribution is 2.24. The van der Waals surface area contributed by atoms with E-state index in [4.69, 9.17) is 9.72 Å². The molecule has 0 spiro atoms. The summed E-state index contributed by atoms with van der Waals surface area (Å²) in [6.45, 7) is 8.56. The number of hydrogen-bond donors (Lipinski definition) is 0. The minimum Gasteiger partial charge on any atom is -0.494 e. The van der Waals surface area contributed by atoms with Gasteiger partial charge in [0.15, 0.2) is 0 Å². The number of amides is 1. The van der Waals surface area contributed by atoms with Crippen LogP contribution in [0.5, 0.6) is 5.75 Å². The van der Waals surface area contributed by atoms with Gasteiger partial charge in [-0.15, -0.1) is 0 Å². The number of ether oxygens (including phenoxy) is 1. The van der Waals surface area contributed by atoms with Gasteiger partial charge in [-0.2, -0.15) is 0 Å². The van der Waals surface area contributed by atoms with Crippen LogP contribution in [0.25, 0.3) is 11.0 Å². The summed E-state index contributed by atoms with van der Waals surface area (Å²) in [5, 5.41) is 0. The molecule has 0 aliphatic heterocycles. The number of carbonyl (C=O) groups is 1. The maximum atomic E-state index is 12.8. The van der Waals surface area contributed by atoms with Crippen LogP contribution in [0.15, 0.2) is 73.1 Å². The van der Waals surface area contributed by atoms with Crippen molar-refractivity contribution in [2.75, 3.05) is 13.7 Å². The second kappa shape index (κ2) is 10.7. The van der Waals surface area contributed by atoms with Crippen molar-refractivity contribution in [1.82, 2.24) is 19.4 Å². The number of benzene rings is 2. The van der Waals surface area contributed by atoms with Gasteiger partial charge in [0, 0.05) is 31.5 Å². The third-order valence-corrected chi connectivity index (χ3v) is 6.15. The van der Waals surface area contributed by atoms with Crippen LogP contribution in [0.2, 0.25) is 0 Å². The van der Waals surface area contributed by atoms with Crippen LogP contribution in [0, 0.1) is 0 Å². The van der Waals surface area contributed by atoms with Gasteiger partial charge in [0.05, 0.1) is 24.2 Å². The first-order valence-corrected chi connectivity index (χ1v) is 12.2. The molecule has 4 aromatic rings. The van der Waals surface area contributed by atoms with E-state index in [1.807, 2.05) is 25.2 Å². The second-order valence-corrected chi connectivity index (χ2v) is 9.90. The molecular weight excluding hydrogens is 436 g/mol. The molecule has 0 atom stereocenters. The highest BCUT2D eigenvalue weighted by atomic mass is 16.5. The van der Waals surface area contributed by atoms with E-state index in [1.54, 1.807) is 29.4 Å². The van der Waals surface area contributed by atoms with E-state index in [9.17, 15) is 4.79 Å². The van der Waals surface area contributed by atoms with Crippen LogP contribution >= 0.6 is 0 Å². The molecule has 35 heavy (non-hydrogen) atoms. The summed E-state index contributed by atoms with van der Waals surface area (Å²) in [4.78, 5) is 23.4. The molecule has 2 heterocycles. The Hall–Kier alpha value is -3.67. The lowest BCUT2D eigenvalue weighted by Crippen LogP contribution is -2.27. The first kappa shape index (κ1) is 24.5. The molecule has 6 nitrogen and oxygen atoms in total. The largest absolute Gasteiger partial charge is 0.494 e. The third-order valence-electron chi connectivity index (χ3n) is 6.15. The fourth-order valence-corrected chi connectivity index (χ4v) is 4.11. The van der Waals surface area contributed by atoms with E-state index in [-0.39, 0.29) is 11.3 Å². The fraction of sp³-hybridized carbons (Fsp3) is 0.345. The fourth-order valence-electron chi connectivity index (χ4n) is 4.11. The summed E-state index contributed by atoms with van der Waals surface area (Å²) in [5.74, 6) is 1.75. The maximum Gasteiger partial charge on any atom is 0.254 e. The van der Waals surface area contributed by atoms with Crippen molar-refractivity contribution in [3.05, 3.63) is 90.0 Å². The van der Waals surface area contributed by atoms with Gasteiger partial charge in [-0.25, -0.2) is 4.98 Å². The van der Waals surface area contributed by atoms with Gasteiger partial charge >= 0.3 is 0 Å². The highest BCUT2D eigenvalue weighted by molar-refractivity contribution is 5.93. The number of nitrogens with zero attached hydrogens (tertiary/aromatic N) is 4. The van der Waals surface area contributed by atoms with Crippen molar-refractivity contribution >= 4 is 16.9 Å². The summed E-state index contributed by atoms with van der Waals surface area (Å²) in [7, 11) is 1.81. The van der Waals surface area contributed by atoms with Crippen molar-refractivity contribution in [1.29, 1.82) is 0 Å². The molecule has 4 rings (SSSR count). The van der Waals surface area contributed by atoms with E-state index >= 15 is 0 Å². The average molecular weight is 471 g/mol. The molecular formula is C29H34N4O2. The first-order valence-electron chi connectivity index (χ1n) is 12.2. The number of aromatic nitrogens is 3. The summed E-state index contributed by atoms with van der Waals surface area (Å²) in [6.07, 6.45) is 5.16. The molecule has 0 aliphatic carbocycles. The molecule has 182 valence electrons. The number of rotatable bonds is 9. The number of unbranched alkanes of at least 4 members (excludes halogenated alkanes) is 1. The van der Waals surface area contributed by atoms with Gasteiger partial charge in [-0.05, 0) is 60.2 Å². The Morgan fingerprint density at radius 3 is 2.40 bits per heavy atom. The SMILES string of the molecule is CN(Cc1nc2ccccc2n1CCCCOc1ccc(C(C)(C)C)cc1)C(=O)c1ccncc1. The van der Waals surface area contributed by atoms with Crippen LogP contribution in [0.4, 0.5) is 0 Å². The van der Waals surface area contributed by atoms with Crippen LogP contribution < -0.4 is 4.74 Å². The number of fused-ring (bicyclic) bond motifs is 1. The molecule has 1 amide bonds. The summed E-state index contributed by atoms with van der Waals surface area (Å²) in [5.41, 5.74) is 4.10. The standard InChI is InChI=1S/C29H34N4O2/c1-29(2,3)23-11-13-24(14-12-23)35-20-8-7-19-33-26-10-6-5-9-25(26)31-27(33)21-32(4)28(34)22-15-17-30-18-16-22/h5-6,9-18H,7-8,19-21H2,1-4H3. The van der Waals surface area contributed by atoms with E-state index in [0.717, 1.165) is 42.0 Å². The van der Waals surface area contributed by atoms with Crippen molar-refractivity contribution in [3.8, 4) is 5.75 Å². The molecule has 0 radical (unpaired) electrons. The molecule has 0 bridgehead atoms. The van der Waals surface area contributed by atoms with E-state index < -0.39 is 0 Å². The Bertz CT molecular complexity index is 1260. The monoisotopic (exact) mass is 470 g/mol. The Morgan fingerprint density at radius 2 is 1.69 bits per heavy atom. The van der Waals surface area contributed by atoms with Crippen LogP contribution in [0.1, 0.15) is 55.4 Å². The van der Waals surface area contributed by atoms with Crippen molar-refractivity contribution in [2.45, 2.75) is 52.1 Å². The minimum absolute atomic E-state index is 0.0446. The summed E-state index contributed by atoms with van der Waals surface area (Å²) >= 11 is 0. The highest BCUT2D eigenvalue weighted by Gasteiger charge is 2.17. The zero-order valence-corrected chi connectivity index (χ0v) is 21.1. The van der Waals surface area contributed by atoms with Crippen molar-refractivity contribution < 1.29 is 9.53 Å². The zero-order chi connectivity index (χ0) is 24.8. The Balaban J connectivity index is 1.37. The van der Waals surface area contributed by atoms with Gasteiger partial charge in [0.2, 0.25) is 0 Å². The van der Waals surface area contributed by atoms with Gasteiger partial charge in [0.25, 0.3) is 5.91 Å². The van der Waals surface area contributed by atoms with Crippen molar-refractivity contribution in [2.24, 2.45) is 0 Å². The number of carbonyl (C=O) groups excluding carboxylic acids is 1. The molecule has 0 aliphatic rings. The molecule has 6 heteroatoms. The van der Waals surface area contributed by atoms with Gasteiger partial charge in [0.1, 0.15) is 11.6 Å². The number of para-hydroxylation sites is 2. The molecule has 0 unspecified atom stereocenters. The lowest BCUT2D eigenvalue weighted by Gasteiger charge is -2.19. The zero-order valence-electron chi connectivity index (χ0n) is 21.1. The molecule has 0 N–H and O–H groups in total. The Kier molecular flexibility index (Phi) is 7.49. The predicted molar refractivity (Wildman–Crippen MR) is 140 cm³/mol. The smallest absolute Gasteiger partial charge is 0.254 e. The number of aryl methyl sites for hydroxylation is 1. The molecule has 2 aromatic carbocycles. The number of pyridine rings is 1. The second-order valence-electron chi connectivity index (χ2n) is 9.90. The normalized spacial score (nSPS) is 11.5. The quantitative estimate of drug-likeness (QED) is 0.288. The maximum absolute atomic E-state index is 12.8. The lowest BCUT2D eigenvalue weighted by molar-refractivity contribution is 0.0780. The number of imidazole rings is 1. The summed E-state index contributed by atoms with van der Waals surface area (Å²) < 4.78 is 8.20. The third kappa shape index (κ3) is 6.07. The van der Waals surface area contributed by atoms with E-state index in [2.05, 4.69) is 60.7 Å². The summed E-state index contributed by atoms with van der Waals surface area (Å²) in [6, 6.07) is 20.0. The van der Waals surface area contributed by atoms with Crippen LogP contribution in [0.3, 0.4) is 0 Å². The Morgan fingerprint density at radius 1 is 0.971 bits per heavy atom. The van der Waals surface area contributed by atoms with Gasteiger partial charge in [-0.3, -0.25) is 9.78 Å². The molecule has 2 aromatic heterocycles. The minimum atomic E-state index is -0.0446. The molecule has 0 saturated heterocycles. The molecule has 0 saturated carbocycles.